The smallest absolute Gasteiger partial charge is 0.253 e. The maximum atomic E-state index is 13.7. The van der Waals surface area contributed by atoms with Crippen molar-refractivity contribution in [3.05, 3.63) is 122 Å². The van der Waals surface area contributed by atoms with Crippen LogP contribution in [0.4, 0.5) is 0 Å². The molecule has 1 atom stereocenters. The molecule has 0 amide bonds. The number of methoxy groups -OCH3 is 1. The molecule has 0 aliphatic rings. The second-order valence-electron chi connectivity index (χ2n) is 9.50. The van der Waals surface area contributed by atoms with E-state index >= 15 is 0 Å². The number of tetrazole rings is 1. The molecule has 8 nitrogen and oxygen atoms in total. The van der Waals surface area contributed by atoms with Crippen LogP contribution in [0, 0.1) is 0 Å². The molecule has 0 unspecified atom stereocenters. The first kappa shape index (κ1) is 26.7. The Morgan fingerprint density at radius 1 is 0.974 bits per heavy atom. The molecular weight excluding hydrogens is 512 g/mol. The van der Waals surface area contributed by atoms with Crippen molar-refractivity contribution in [2.24, 2.45) is 0 Å². The van der Waals surface area contributed by atoms with E-state index in [1.165, 1.54) is 5.56 Å². The summed E-state index contributed by atoms with van der Waals surface area (Å²) in [5.41, 5.74) is 4.57. The first-order chi connectivity index (χ1) is 19.1. The minimum absolute atomic E-state index is 0.174. The number of benzene rings is 3. The van der Waals surface area contributed by atoms with Gasteiger partial charge in [0.1, 0.15) is 6.04 Å². The summed E-state index contributed by atoms with van der Waals surface area (Å²) < 4.78 is 7.04. The van der Waals surface area contributed by atoms with Crippen LogP contribution in [0.2, 0.25) is 5.02 Å². The lowest BCUT2D eigenvalue weighted by Crippen LogP contribution is -2.35. The van der Waals surface area contributed by atoms with E-state index < -0.39 is 6.04 Å². The molecule has 39 heavy (non-hydrogen) atoms. The van der Waals surface area contributed by atoms with Crippen molar-refractivity contribution in [2.45, 2.75) is 39.0 Å². The van der Waals surface area contributed by atoms with Crippen LogP contribution in [0.5, 0.6) is 0 Å². The molecule has 0 saturated heterocycles. The summed E-state index contributed by atoms with van der Waals surface area (Å²) in [7, 11) is 1.64. The first-order valence-corrected chi connectivity index (χ1v) is 13.4. The number of fused-ring (bicyclic) bond motifs is 1. The van der Waals surface area contributed by atoms with Crippen LogP contribution in [-0.4, -0.2) is 43.8 Å². The fourth-order valence-corrected chi connectivity index (χ4v) is 4.95. The normalized spacial score (nSPS) is 12.3. The summed E-state index contributed by atoms with van der Waals surface area (Å²) in [5, 5.41) is 14.3. The Morgan fingerprint density at radius 3 is 2.41 bits per heavy atom. The van der Waals surface area contributed by atoms with Gasteiger partial charge in [0, 0.05) is 36.3 Å². The zero-order valence-electron chi connectivity index (χ0n) is 22.0. The number of H-pyrrole nitrogens is 1. The van der Waals surface area contributed by atoms with Gasteiger partial charge < -0.3 is 9.72 Å². The molecule has 200 valence electrons. The molecule has 9 heteroatoms. The number of hydrogen-bond donors (Lipinski definition) is 1. The summed E-state index contributed by atoms with van der Waals surface area (Å²) in [6, 6.07) is 25.5. The van der Waals surface area contributed by atoms with Crippen molar-refractivity contribution in [3.63, 3.8) is 0 Å². The second-order valence-corrected chi connectivity index (χ2v) is 9.94. The van der Waals surface area contributed by atoms with E-state index in [1.807, 2.05) is 60.7 Å². The number of hydrogen-bond acceptors (Lipinski definition) is 6. The minimum atomic E-state index is -0.536. The molecular formula is C30H31ClN6O2. The molecule has 0 spiro atoms. The Hall–Kier alpha value is -3.85. The van der Waals surface area contributed by atoms with Gasteiger partial charge >= 0.3 is 0 Å². The van der Waals surface area contributed by atoms with Gasteiger partial charge in [-0.3, -0.25) is 9.69 Å². The van der Waals surface area contributed by atoms with Gasteiger partial charge in [-0.25, -0.2) is 4.68 Å². The third-order valence-corrected chi connectivity index (χ3v) is 7.10. The molecule has 0 fully saturated rings. The van der Waals surface area contributed by atoms with Gasteiger partial charge in [0.25, 0.3) is 5.56 Å². The number of ether oxygens (including phenoxy) is 1. The van der Waals surface area contributed by atoms with Crippen molar-refractivity contribution in [1.82, 2.24) is 30.1 Å². The fraction of sp³-hybridized carbons (Fsp3) is 0.267. The Bertz CT molecular complexity index is 1580. The lowest BCUT2D eigenvalue weighted by atomic mass is 10.0. The fourth-order valence-electron chi connectivity index (χ4n) is 4.82. The average molecular weight is 543 g/mol. The molecule has 0 bridgehead atoms. The maximum Gasteiger partial charge on any atom is 0.253 e. The SMILES string of the molecule is CCc1ccc2[nH]c(=O)c([C@H](c3nnnn3CCOC)N(Cc3ccccc3)Cc3ccc(Cl)cc3)cc2c1. The number of nitrogens with one attached hydrogen (secondary N) is 1. The Balaban J connectivity index is 1.69. The third kappa shape index (κ3) is 6.25. The van der Waals surface area contributed by atoms with E-state index in [9.17, 15) is 4.79 Å². The van der Waals surface area contributed by atoms with E-state index in [0.717, 1.165) is 28.5 Å². The Kier molecular flexibility index (Phi) is 8.46. The van der Waals surface area contributed by atoms with Crippen molar-refractivity contribution in [1.29, 1.82) is 0 Å². The van der Waals surface area contributed by atoms with Gasteiger partial charge in [-0.1, -0.05) is 67.1 Å². The molecule has 2 aromatic heterocycles. The number of nitrogens with zero attached hydrogens (tertiary/aromatic N) is 5. The molecule has 2 heterocycles. The van der Waals surface area contributed by atoms with E-state index in [0.29, 0.717) is 42.7 Å². The first-order valence-electron chi connectivity index (χ1n) is 13.0. The lowest BCUT2D eigenvalue weighted by molar-refractivity contribution is 0.169. The van der Waals surface area contributed by atoms with Crippen LogP contribution in [0.3, 0.4) is 0 Å². The van der Waals surface area contributed by atoms with E-state index in [1.54, 1.807) is 11.8 Å². The highest BCUT2D eigenvalue weighted by atomic mass is 35.5. The third-order valence-electron chi connectivity index (χ3n) is 6.84. The van der Waals surface area contributed by atoms with Crippen LogP contribution >= 0.6 is 11.6 Å². The van der Waals surface area contributed by atoms with Gasteiger partial charge in [0.15, 0.2) is 5.82 Å². The van der Waals surface area contributed by atoms with Gasteiger partial charge in [-0.15, -0.1) is 5.10 Å². The monoisotopic (exact) mass is 542 g/mol. The van der Waals surface area contributed by atoms with Crippen molar-refractivity contribution < 1.29 is 4.74 Å². The molecule has 3 aromatic carbocycles. The summed E-state index contributed by atoms with van der Waals surface area (Å²) in [6.45, 7) is 4.13. The topological polar surface area (TPSA) is 88.9 Å². The quantitative estimate of drug-likeness (QED) is 0.248. The van der Waals surface area contributed by atoms with E-state index in [2.05, 4.69) is 50.5 Å². The molecule has 1 N–H and O–H groups in total. The van der Waals surface area contributed by atoms with Crippen LogP contribution in [0.15, 0.2) is 83.7 Å². The summed E-state index contributed by atoms with van der Waals surface area (Å²) in [4.78, 5) is 19.0. The van der Waals surface area contributed by atoms with Crippen LogP contribution in [-0.2, 0) is 30.8 Å². The standard InChI is InChI=1S/C30H31ClN6O2/c1-3-21-11-14-27-24(17-21)18-26(30(38)32-27)28(29-33-34-35-37(29)15-16-39-2)36(19-22-7-5-4-6-8-22)20-23-9-12-25(31)13-10-23/h4-14,17-18,28H,3,15-16,19-20H2,1-2H3,(H,32,38)/t28-/m1/s1. The largest absolute Gasteiger partial charge is 0.383 e. The van der Waals surface area contributed by atoms with Crippen LogP contribution < -0.4 is 5.56 Å². The maximum absolute atomic E-state index is 13.7. The minimum Gasteiger partial charge on any atom is -0.383 e. The number of rotatable bonds is 11. The highest BCUT2D eigenvalue weighted by Gasteiger charge is 2.31. The van der Waals surface area contributed by atoms with Gasteiger partial charge in [0.2, 0.25) is 0 Å². The van der Waals surface area contributed by atoms with Crippen molar-refractivity contribution in [3.8, 4) is 0 Å². The zero-order chi connectivity index (χ0) is 27.2. The van der Waals surface area contributed by atoms with Crippen LogP contribution in [0.25, 0.3) is 10.9 Å². The number of halogens is 1. The molecule has 0 aliphatic heterocycles. The average Bonchev–Trinajstić information content (AvgIpc) is 3.41. The van der Waals surface area contributed by atoms with Crippen molar-refractivity contribution in [2.75, 3.05) is 13.7 Å². The molecule has 0 radical (unpaired) electrons. The summed E-state index contributed by atoms with van der Waals surface area (Å²) in [6.07, 6.45) is 0.903. The Morgan fingerprint density at radius 2 is 1.69 bits per heavy atom. The number of aromatic amines is 1. The van der Waals surface area contributed by atoms with Crippen molar-refractivity contribution >= 4 is 22.5 Å². The Labute approximate surface area is 232 Å². The summed E-state index contributed by atoms with van der Waals surface area (Å²) in [5.74, 6) is 0.577. The number of pyridine rings is 1. The predicted molar refractivity (Wildman–Crippen MR) is 153 cm³/mol. The molecule has 5 aromatic rings. The van der Waals surface area contributed by atoms with Crippen LogP contribution in [0.1, 0.15) is 41.0 Å². The highest BCUT2D eigenvalue weighted by molar-refractivity contribution is 6.30. The van der Waals surface area contributed by atoms with Gasteiger partial charge in [0.05, 0.1) is 13.2 Å². The zero-order valence-corrected chi connectivity index (χ0v) is 22.8. The highest BCUT2D eigenvalue weighted by Crippen LogP contribution is 2.30. The lowest BCUT2D eigenvalue weighted by Gasteiger charge is -2.31. The molecule has 5 rings (SSSR count). The summed E-state index contributed by atoms with van der Waals surface area (Å²) >= 11 is 6.19. The van der Waals surface area contributed by atoms with E-state index in [4.69, 9.17) is 16.3 Å². The number of aromatic nitrogens is 5. The van der Waals surface area contributed by atoms with E-state index in [-0.39, 0.29) is 5.56 Å². The molecule has 0 aliphatic carbocycles. The molecule has 0 saturated carbocycles. The second kappa shape index (κ2) is 12.3. The van der Waals surface area contributed by atoms with Gasteiger partial charge in [-0.2, -0.15) is 0 Å². The van der Waals surface area contributed by atoms with Gasteiger partial charge in [-0.05, 0) is 69.3 Å². The number of aryl methyl sites for hydroxylation is 1. The predicted octanol–water partition coefficient (Wildman–Crippen LogP) is 5.17.